The second-order valence-electron chi connectivity index (χ2n) is 5.39. The summed E-state index contributed by atoms with van der Waals surface area (Å²) in [5, 5.41) is 2.65. The predicted molar refractivity (Wildman–Crippen MR) is 103 cm³/mol. The minimum absolute atomic E-state index is 0.127. The zero-order chi connectivity index (χ0) is 18.7. The van der Waals surface area contributed by atoms with Crippen LogP contribution in [0, 0.1) is 0 Å². The van der Waals surface area contributed by atoms with Crippen molar-refractivity contribution in [2.24, 2.45) is 0 Å². The number of carbonyl (C=O) groups excluding carboxylic acids is 1. The summed E-state index contributed by atoms with van der Waals surface area (Å²) in [5.41, 5.74) is 1.03. The first-order valence-electron chi connectivity index (χ1n) is 7.58. The van der Waals surface area contributed by atoms with Crippen molar-refractivity contribution in [2.45, 2.75) is 4.90 Å². The maximum absolute atomic E-state index is 12.7. The van der Waals surface area contributed by atoms with E-state index in [0.717, 1.165) is 0 Å². The molecule has 0 unspecified atom stereocenters. The van der Waals surface area contributed by atoms with Crippen molar-refractivity contribution in [1.82, 2.24) is 0 Å². The maximum atomic E-state index is 12.7. The number of nitrogens with zero attached hydrogens (tertiary/aromatic N) is 1. The second-order valence-corrected chi connectivity index (χ2v) is 8.14. The quantitative estimate of drug-likeness (QED) is 0.654. The van der Waals surface area contributed by atoms with Crippen LogP contribution >= 0.6 is 15.9 Å². The van der Waals surface area contributed by atoms with Gasteiger partial charge in [-0.2, -0.15) is 0 Å². The zero-order valence-electron chi connectivity index (χ0n) is 13.7. The van der Waals surface area contributed by atoms with Gasteiger partial charge in [-0.3, -0.25) is 9.10 Å². The SMILES string of the molecule is CN(c1ccccc1)S(=O)(=O)c1ccc(NC(=O)c2ccc(Br)o2)cc1. The molecule has 0 saturated heterocycles. The van der Waals surface area contributed by atoms with Gasteiger partial charge in [-0.1, -0.05) is 18.2 Å². The van der Waals surface area contributed by atoms with E-state index in [0.29, 0.717) is 16.0 Å². The Balaban J connectivity index is 1.77. The number of hydrogen-bond donors (Lipinski definition) is 1. The molecule has 0 bridgehead atoms. The van der Waals surface area contributed by atoms with Gasteiger partial charge in [0.25, 0.3) is 15.9 Å². The molecular formula is C18H15BrN2O4S. The van der Waals surface area contributed by atoms with E-state index in [1.807, 2.05) is 6.07 Å². The van der Waals surface area contributed by atoms with Gasteiger partial charge in [0.1, 0.15) is 0 Å². The Bertz CT molecular complexity index is 1010. The van der Waals surface area contributed by atoms with Crippen LogP contribution in [0.25, 0.3) is 0 Å². The van der Waals surface area contributed by atoms with Crippen molar-refractivity contribution >= 4 is 43.2 Å². The third-order valence-electron chi connectivity index (χ3n) is 3.69. The lowest BCUT2D eigenvalue weighted by Crippen LogP contribution is -2.26. The number of para-hydroxylation sites is 1. The molecule has 2 aromatic carbocycles. The average Bonchev–Trinajstić information content (AvgIpc) is 3.09. The van der Waals surface area contributed by atoms with Gasteiger partial charge in [0, 0.05) is 12.7 Å². The Labute approximate surface area is 159 Å². The predicted octanol–water partition coefficient (Wildman–Crippen LogP) is 4.12. The number of furan rings is 1. The van der Waals surface area contributed by atoms with E-state index in [1.165, 1.54) is 41.7 Å². The van der Waals surface area contributed by atoms with E-state index >= 15 is 0 Å². The van der Waals surface area contributed by atoms with E-state index in [9.17, 15) is 13.2 Å². The van der Waals surface area contributed by atoms with Crippen LogP contribution in [0.5, 0.6) is 0 Å². The molecule has 1 aromatic heterocycles. The van der Waals surface area contributed by atoms with Crippen molar-refractivity contribution in [3.05, 3.63) is 77.2 Å². The molecule has 3 aromatic rings. The molecule has 0 radical (unpaired) electrons. The number of anilines is 2. The summed E-state index contributed by atoms with van der Waals surface area (Å²) in [7, 11) is -2.20. The third-order valence-corrected chi connectivity index (χ3v) is 5.91. The lowest BCUT2D eigenvalue weighted by Gasteiger charge is -2.19. The van der Waals surface area contributed by atoms with Gasteiger partial charge in [-0.05, 0) is 64.5 Å². The first-order valence-corrected chi connectivity index (χ1v) is 9.82. The summed E-state index contributed by atoms with van der Waals surface area (Å²) in [6, 6.07) is 17.9. The zero-order valence-corrected chi connectivity index (χ0v) is 16.1. The Hall–Kier alpha value is -2.58. The van der Waals surface area contributed by atoms with E-state index < -0.39 is 15.9 Å². The molecule has 0 fully saturated rings. The minimum Gasteiger partial charge on any atom is -0.444 e. The number of carbonyl (C=O) groups is 1. The molecule has 6 nitrogen and oxygen atoms in total. The summed E-state index contributed by atoms with van der Waals surface area (Å²) >= 11 is 3.13. The Morgan fingerprint density at radius 3 is 2.23 bits per heavy atom. The summed E-state index contributed by atoms with van der Waals surface area (Å²) < 4.78 is 32.3. The van der Waals surface area contributed by atoms with Crippen LogP contribution in [-0.4, -0.2) is 21.4 Å². The van der Waals surface area contributed by atoms with E-state index in [2.05, 4.69) is 21.2 Å². The highest BCUT2D eigenvalue weighted by Gasteiger charge is 2.21. The third kappa shape index (κ3) is 3.81. The van der Waals surface area contributed by atoms with Crippen LogP contribution in [0.3, 0.4) is 0 Å². The molecule has 1 amide bonds. The molecule has 0 atom stereocenters. The fourth-order valence-corrected chi connectivity index (χ4v) is 3.78. The highest BCUT2D eigenvalue weighted by atomic mass is 79.9. The first-order chi connectivity index (χ1) is 12.4. The fraction of sp³-hybridized carbons (Fsp3) is 0.0556. The number of rotatable bonds is 5. The molecule has 3 rings (SSSR count). The van der Waals surface area contributed by atoms with E-state index in [-0.39, 0.29) is 10.7 Å². The molecule has 0 aliphatic rings. The van der Waals surface area contributed by atoms with Crippen molar-refractivity contribution in [3.63, 3.8) is 0 Å². The van der Waals surface area contributed by atoms with Gasteiger partial charge >= 0.3 is 0 Å². The molecule has 26 heavy (non-hydrogen) atoms. The smallest absolute Gasteiger partial charge is 0.291 e. The van der Waals surface area contributed by atoms with E-state index in [4.69, 9.17) is 4.42 Å². The summed E-state index contributed by atoms with van der Waals surface area (Å²) in [6.07, 6.45) is 0. The highest BCUT2D eigenvalue weighted by Crippen LogP contribution is 2.23. The molecule has 0 spiro atoms. The number of nitrogens with one attached hydrogen (secondary N) is 1. The van der Waals surface area contributed by atoms with E-state index in [1.54, 1.807) is 30.3 Å². The molecule has 1 heterocycles. The van der Waals surface area contributed by atoms with Crippen molar-refractivity contribution in [1.29, 1.82) is 0 Å². The lowest BCUT2D eigenvalue weighted by atomic mass is 10.3. The topological polar surface area (TPSA) is 79.6 Å². The largest absolute Gasteiger partial charge is 0.444 e. The van der Waals surface area contributed by atoms with Crippen LogP contribution in [0.2, 0.25) is 0 Å². The number of hydrogen-bond acceptors (Lipinski definition) is 4. The number of benzene rings is 2. The number of halogens is 1. The summed E-state index contributed by atoms with van der Waals surface area (Å²) in [4.78, 5) is 12.2. The van der Waals surface area contributed by atoms with Crippen molar-refractivity contribution in [2.75, 3.05) is 16.7 Å². The standard InChI is InChI=1S/C18H15BrN2O4S/c1-21(14-5-3-2-4-6-14)26(23,24)15-9-7-13(8-10-15)20-18(22)16-11-12-17(19)25-16/h2-12H,1H3,(H,20,22). The van der Waals surface area contributed by atoms with Crippen molar-refractivity contribution in [3.8, 4) is 0 Å². The molecule has 0 saturated carbocycles. The normalized spacial score (nSPS) is 11.2. The van der Waals surface area contributed by atoms with Gasteiger partial charge in [0.05, 0.1) is 10.6 Å². The van der Waals surface area contributed by atoms with Gasteiger partial charge in [-0.25, -0.2) is 8.42 Å². The molecule has 134 valence electrons. The monoisotopic (exact) mass is 434 g/mol. The second kappa shape index (κ2) is 7.35. The van der Waals surface area contributed by atoms with Crippen molar-refractivity contribution < 1.29 is 17.6 Å². The first kappa shape index (κ1) is 18.2. The molecular weight excluding hydrogens is 420 g/mol. The molecule has 0 aliphatic carbocycles. The molecule has 1 N–H and O–H groups in total. The van der Waals surface area contributed by atoms with Gasteiger partial charge in [0.2, 0.25) is 0 Å². The fourth-order valence-electron chi connectivity index (χ4n) is 2.27. The Morgan fingerprint density at radius 1 is 1.00 bits per heavy atom. The molecule has 0 aliphatic heterocycles. The average molecular weight is 435 g/mol. The maximum Gasteiger partial charge on any atom is 0.291 e. The number of amides is 1. The Morgan fingerprint density at radius 2 is 1.65 bits per heavy atom. The number of sulfonamides is 1. The highest BCUT2D eigenvalue weighted by molar-refractivity contribution is 9.10. The summed E-state index contributed by atoms with van der Waals surface area (Å²) in [5.74, 6) is -0.273. The van der Waals surface area contributed by atoms with Crippen LogP contribution in [0.1, 0.15) is 10.6 Å². The van der Waals surface area contributed by atoms with Crippen LogP contribution < -0.4 is 9.62 Å². The van der Waals surface area contributed by atoms with Gasteiger partial charge < -0.3 is 9.73 Å². The van der Waals surface area contributed by atoms with Gasteiger partial charge in [-0.15, -0.1) is 0 Å². The Kier molecular flexibility index (Phi) is 5.15. The lowest BCUT2D eigenvalue weighted by molar-refractivity contribution is 0.0995. The van der Waals surface area contributed by atoms with Crippen LogP contribution in [0.4, 0.5) is 11.4 Å². The van der Waals surface area contributed by atoms with Crippen LogP contribution in [0.15, 0.2) is 80.7 Å². The molecule has 8 heteroatoms. The van der Waals surface area contributed by atoms with Crippen LogP contribution in [-0.2, 0) is 10.0 Å². The summed E-state index contributed by atoms with van der Waals surface area (Å²) in [6.45, 7) is 0. The minimum atomic E-state index is -3.69. The van der Waals surface area contributed by atoms with Gasteiger partial charge in [0.15, 0.2) is 10.4 Å².